The lowest BCUT2D eigenvalue weighted by Crippen LogP contribution is -2.30. The topological polar surface area (TPSA) is 98.5 Å². The van der Waals surface area contributed by atoms with E-state index in [1.54, 1.807) is 36.4 Å². The second kappa shape index (κ2) is 7.74. The quantitative estimate of drug-likeness (QED) is 0.766. The number of esters is 1. The SMILES string of the molecule is CC(OC(=O)c1ccc(Br)cc1)C(=O)Nc1ccc(C(N)=O)cc1. The number of amides is 2. The van der Waals surface area contributed by atoms with E-state index in [0.29, 0.717) is 16.8 Å². The van der Waals surface area contributed by atoms with Gasteiger partial charge in [-0.15, -0.1) is 0 Å². The van der Waals surface area contributed by atoms with E-state index in [2.05, 4.69) is 21.2 Å². The Labute approximate surface area is 147 Å². The van der Waals surface area contributed by atoms with Crippen molar-refractivity contribution in [2.45, 2.75) is 13.0 Å². The maximum absolute atomic E-state index is 12.1. The Bertz CT molecular complexity index is 757. The monoisotopic (exact) mass is 390 g/mol. The summed E-state index contributed by atoms with van der Waals surface area (Å²) in [5, 5.41) is 2.60. The van der Waals surface area contributed by atoms with Crippen molar-refractivity contribution in [3.8, 4) is 0 Å². The molecule has 24 heavy (non-hydrogen) atoms. The fourth-order valence-corrected chi connectivity index (χ4v) is 2.09. The summed E-state index contributed by atoms with van der Waals surface area (Å²) < 4.78 is 5.97. The molecule has 2 rings (SSSR count). The van der Waals surface area contributed by atoms with Crippen LogP contribution in [-0.2, 0) is 9.53 Å². The summed E-state index contributed by atoms with van der Waals surface area (Å²) in [4.78, 5) is 35.0. The van der Waals surface area contributed by atoms with Gasteiger partial charge in [-0.25, -0.2) is 4.79 Å². The van der Waals surface area contributed by atoms with Gasteiger partial charge in [-0.3, -0.25) is 9.59 Å². The third-order valence-electron chi connectivity index (χ3n) is 3.17. The van der Waals surface area contributed by atoms with Crippen LogP contribution in [0.15, 0.2) is 53.0 Å². The minimum absolute atomic E-state index is 0.336. The molecule has 3 N–H and O–H groups in total. The fourth-order valence-electron chi connectivity index (χ4n) is 1.83. The van der Waals surface area contributed by atoms with E-state index in [9.17, 15) is 14.4 Å². The van der Waals surface area contributed by atoms with Crippen molar-refractivity contribution in [2.75, 3.05) is 5.32 Å². The van der Waals surface area contributed by atoms with Crippen molar-refractivity contribution >= 4 is 39.4 Å². The maximum Gasteiger partial charge on any atom is 0.338 e. The highest BCUT2D eigenvalue weighted by molar-refractivity contribution is 9.10. The normalized spacial score (nSPS) is 11.4. The van der Waals surface area contributed by atoms with Gasteiger partial charge in [0.2, 0.25) is 5.91 Å². The first-order chi connectivity index (χ1) is 11.4. The smallest absolute Gasteiger partial charge is 0.338 e. The molecule has 0 aliphatic carbocycles. The van der Waals surface area contributed by atoms with Gasteiger partial charge in [0.25, 0.3) is 5.91 Å². The van der Waals surface area contributed by atoms with Gasteiger partial charge in [0.15, 0.2) is 6.10 Å². The largest absolute Gasteiger partial charge is 0.449 e. The highest BCUT2D eigenvalue weighted by Gasteiger charge is 2.19. The van der Waals surface area contributed by atoms with Crippen LogP contribution in [0.1, 0.15) is 27.6 Å². The number of ether oxygens (including phenoxy) is 1. The van der Waals surface area contributed by atoms with Crippen LogP contribution in [0.25, 0.3) is 0 Å². The van der Waals surface area contributed by atoms with E-state index in [1.807, 2.05) is 0 Å². The highest BCUT2D eigenvalue weighted by Crippen LogP contribution is 2.13. The number of hydrogen-bond acceptors (Lipinski definition) is 4. The summed E-state index contributed by atoms with van der Waals surface area (Å²) in [6.45, 7) is 1.48. The van der Waals surface area contributed by atoms with Crippen LogP contribution in [0.2, 0.25) is 0 Å². The summed E-state index contributed by atoms with van der Waals surface area (Å²) in [6.07, 6.45) is -0.975. The van der Waals surface area contributed by atoms with E-state index in [-0.39, 0.29) is 0 Å². The number of carbonyl (C=O) groups excluding carboxylic acids is 3. The number of carbonyl (C=O) groups is 3. The Hall–Kier alpha value is -2.67. The average molecular weight is 391 g/mol. The van der Waals surface area contributed by atoms with Crippen molar-refractivity contribution in [2.24, 2.45) is 5.73 Å². The molecule has 1 atom stereocenters. The zero-order valence-electron chi connectivity index (χ0n) is 12.8. The van der Waals surface area contributed by atoms with Crippen LogP contribution in [0.3, 0.4) is 0 Å². The Morgan fingerprint density at radius 3 is 2.08 bits per heavy atom. The number of primary amides is 1. The minimum Gasteiger partial charge on any atom is -0.449 e. The molecule has 0 aromatic heterocycles. The zero-order chi connectivity index (χ0) is 17.7. The van der Waals surface area contributed by atoms with Gasteiger partial charge >= 0.3 is 5.97 Å². The van der Waals surface area contributed by atoms with Crippen LogP contribution in [0, 0.1) is 0 Å². The molecule has 0 saturated heterocycles. The molecule has 7 heteroatoms. The van der Waals surface area contributed by atoms with Crippen molar-refractivity contribution in [3.63, 3.8) is 0 Å². The number of halogens is 1. The summed E-state index contributed by atoms with van der Waals surface area (Å²) in [6, 6.07) is 12.7. The molecule has 2 aromatic carbocycles. The lowest BCUT2D eigenvalue weighted by molar-refractivity contribution is -0.123. The van der Waals surface area contributed by atoms with Crippen LogP contribution in [0.4, 0.5) is 5.69 Å². The number of hydrogen-bond donors (Lipinski definition) is 2. The summed E-state index contributed by atoms with van der Waals surface area (Å²) in [7, 11) is 0. The molecule has 0 spiro atoms. The lowest BCUT2D eigenvalue weighted by Gasteiger charge is -2.13. The van der Waals surface area contributed by atoms with E-state index >= 15 is 0 Å². The number of benzene rings is 2. The lowest BCUT2D eigenvalue weighted by atomic mass is 10.2. The summed E-state index contributed by atoms with van der Waals surface area (Å²) in [5.41, 5.74) is 6.30. The Kier molecular flexibility index (Phi) is 5.70. The third kappa shape index (κ3) is 4.66. The molecule has 2 amide bonds. The van der Waals surface area contributed by atoms with Crippen molar-refractivity contribution in [1.29, 1.82) is 0 Å². The van der Waals surface area contributed by atoms with E-state index in [1.165, 1.54) is 19.1 Å². The molecule has 0 aliphatic heterocycles. The van der Waals surface area contributed by atoms with Gasteiger partial charge in [-0.2, -0.15) is 0 Å². The van der Waals surface area contributed by atoms with Crippen molar-refractivity contribution in [1.82, 2.24) is 0 Å². The fraction of sp³-hybridized carbons (Fsp3) is 0.118. The number of anilines is 1. The molecule has 0 aliphatic rings. The number of rotatable bonds is 5. The number of nitrogens with two attached hydrogens (primary N) is 1. The van der Waals surface area contributed by atoms with Crippen molar-refractivity contribution in [3.05, 3.63) is 64.1 Å². The Morgan fingerprint density at radius 2 is 1.54 bits per heavy atom. The molecule has 0 heterocycles. The van der Waals surface area contributed by atoms with Crippen LogP contribution in [-0.4, -0.2) is 23.9 Å². The predicted octanol–water partition coefficient (Wildman–Crippen LogP) is 2.73. The molecule has 0 fully saturated rings. The molecule has 0 radical (unpaired) electrons. The molecule has 2 aromatic rings. The van der Waals surface area contributed by atoms with Crippen LogP contribution < -0.4 is 11.1 Å². The molecule has 0 bridgehead atoms. The van der Waals surface area contributed by atoms with Gasteiger partial charge < -0.3 is 15.8 Å². The van der Waals surface area contributed by atoms with E-state index < -0.39 is 23.9 Å². The van der Waals surface area contributed by atoms with Gasteiger partial charge in [-0.05, 0) is 55.5 Å². The van der Waals surface area contributed by atoms with Gasteiger partial charge in [0.1, 0.15) is 0 Å². The Balaban J connectivity index is 1.95. The number of nitrogens with one attached hydrogen (secondary N) is 1. The standard InChI is InChI=1S/C17H15BrN2O4/c1-10(24-17(23)12-2-6-13(18)7-3-12)16(22)20-14-8-4-11(5-9-14)15(19)21/h2-10H,1H3,(H2,19,21)(H,20,22). The Morgan fingerprint density at radius 1 is 1.00 bits per heavy atom. The van der Waals surface area contributed by atoms with Gasteiger partial charge in [0.05, 0.1) is 5.56 Å². The highest BCUT2D eigenvalue weighted by atomic mass is 79.9. The molecule has 6 nitrogen and oxygen atoms in total. The second-order valence-corrected chi connectivity index (χ2v) is 5.90. The average Bonchev–Trinajstić information content (AvgIpc) is 2.55. The van der Waals surface area contributed by atoms with Crippen molar-refractivity contribution < 1.29 is 19.1 Å². The molecular formula is C17H15BrN2O4. The van der Waals surface area contributed by atoms with Gasteiger partial charge in [0, 0.05) is 15.7 Å². The van der Waals surface area contributed by atoms with Crippen LogP contribution >= 0.6 is 15.9 Å². The summed E-state index contributed by atoms with van der Waals surface area (Å²) >= 11 is 3.27. The predicted molar refractivity (Wildman–Crippen MR) is 92.6 cm³/mol. The first-order valence-corrected chi connectivity index (χ1v) is 7.83. The van der Waals surface area contributed by atoms with E-state index in [4.69, 9.17) is 10.5 Å². The van der Waals surface area contributed by atoms with Crippen LogP contribution in [0.5, 0.6) is 0 Å². The first kappa shape index (κ1) is 17.7. The first-order valence-electron chi connectivity index (χ1n) is 7.04. The molecular weight excluding hydrogens is 376 g/mol. The third-order valence-corrected chi connectivity index (χ3v) is 3.70. The molecule has 124 valence electrons. The van der Waals surface area contributed by atoms with Gasteiger partial charge in [-0.1, -0.05) is 15.9 Å². The maximum atomic E-state index is 12.1. The van der Waals surface area contributed by atoms with E-state index in [0.717, 1.165) is 4.47 Å². The second-order valence-electron chi connectivity index (χ2n) is 4.99. The molecule has 1 unspecified atom stereocenters. The molecule has 0 saturated carbocycles. The summed E-state index contributed by atoms with van der Waals surface area (Å²) in [5.74, 6) is -1.62. The minimum atomic E-state index is -0.975. The zero-order valence-corrected chi connectivity index (χ0v) is 14.4.